The molecule has 4 nitrogen and oxygen atoms in total. The summed E-state index contributed by atoms with van der Waals surface area (Å²) in [6, 6.07) is 0.483. The van der Waals surface area contributed by atoms with E-state index in [-0.39, 0.29) is 0 Å². The molecule has 19 heavy (non-hydrogen) atoms. The van der Waals surface area contributed by atoms with Gasteiger partial charge in [-0.25, -0.2) is 0 Å². The van der Waals surface area contributed by atoms with E-state index in [0.717, 1.165) is 36.6 Å². The second-order valence-corrected chi connectivity index (χ2v) is 5.49. The zero-order chi connectivity index (χ0) is 14.3. The van der Waals surface area contributed by atoms with E-state index >= 15 is 0 Å². The van der Waals surface area contributed by atoms with Crippen LogP contribution in [-0.2, 0) is 11.3 Å². The molecule has 1 aromatic rings. The molecule has 0 aliphatic heterocycles. The maximum absolute atomic E-state index is 6.26. The predicted octanol–water partition coefficient (Wildman–Crippen LogP) is 3.06. The summed E-state index contributed by atoms with van der Waals surface area (Å²) < 4.78 is 7.07. The van der Waals surface area contributed by atoms with Crippen molar-refractivity contribution in [3.8, 4) is 0 Å². The Labute approximate surface area is 121 Å². The lowest BCUT2D eigenvalue weighted by Crippen LogP contribution is -2.28. The fraction of sp³-hybridized carbons (Fsp3) is 0.786. The van der Waals surface area contributed by atoms with E-state index in [2.05, 4.69) is 31.2 Å². The molecule has 0 bridgehead atoms. The van der Waals surface area contributed by atoms with Crippen molar-refractivity contribution in [1.29, 1.82) is 0 Å². The highest BCUT2D eigenvalue weighted by Crippen LogP contribution is 2.27. The molecule has 1 aromatic heterocycles. The van der Waals surface area contributed by atoms with E-state index in [0.29, 0.717) is 18.6 Å². The number of ether oxygens (including phenoxy) is 1. The molecule has 0 spiro atoms. The maximum Gasteiger partial charge on any atom is 0.0820 e. The predicted molar refractivity (Wildman–Crippen MR) is 79.9 cm³/mol. The van der Waals surface area contributed by atoms with Gasteiger partial charge in [0, 0.05) is 19.1 Å². The fourth-order valence-corrected chi connectivity index (χ4v) is 2.66. The van der Waals surface area contributed by atoms with Crippen molar-refractivity contribution in [1.82, 2.24) is 15.1 Å². The minimum Gasteiger partial charge on any atom is -0.383 e. The van der Waals surface area contributed by atoms with Gasteiger partial charge in [-0.1, -0.05) is 25.4 Å². The van der Waals surface area contributed by atoms with Gasteiger partial charge < -0.3 is 10.1 Å². The van der Waals surface area contributed by atoms with Crippen molar-refractivity contribution >= 4 is 11.6 Å². The minimum absolute atomic E-state index is 0.381. The number of hydrogen-bond acceptors (Lipinski definition) is 3. The Morgan fingerprint density at radius 3 is 2.84 bits per heavy atom. The number of nitrogens with one attached hydrogen (secondary N) is 1. The van der Waals surface area contributed by atoms with Crippen LogP contribution in [0.5, 0.6) is 0 Å². The third-order valence-corrected chi connectivity index (χ3v) is 3.55. The van der Waals surface area contributed by atoms with Crippen molar-refractivity contribution in [3.63, 3.8) is 0 Å². The van der Waals surface area contributed by atoms with Crippen molar-refractivity contribution in [2.45, 2.75) is 52.1 Å². The molecular weight excluding hydrogens is 262 g/mol. The Hall–Kier alpha value is -0.580. The summed E-state index contributed by atoms with van der Waals surface area (Å²) in [6.07, 6.45) is 3.94. The van der Waals surface area contributed by atoms with Crippen LogP contribution in [0.1, 0.15) is 45.2 Å². The first-order valence-corrected chi connectivity index (χ1v) is 7.41. The number of nitrogens with zero attached hydrogens (tertiary/aromatic N) is 2. The van der Waals surface area contributed by atoms with Gasteiger partial charge in [0.1, 0.15) is 0 Å². The van der Waals surface area contributed by atoms with Crippen molar-refractivity contribution in [3.05, 3.63) is 16.9 Å². The quantitative estimate of drug-likeness (QED) is 0.759. The first-order valence-electron chi connectivity index (χ1n) is 7.03. The Morgan fingerprint density at radius 2 is 2.21 bits per heavy atom. The van der Waals surface area contributed by atoms with Gasteiger partial charge in [0.05, 0.1) is 30.1 Å². The van der Waals surface area contributed by atoms with Crippen molar-refractivity contribution < 1.29 is 4.74 Å². The molecule has 0 saturated heterocycles. The molecule has 1 N–H and O–H groups in total. The third kappa shape index (κ3) is 5.13. The van der Waals surface area contributed by atoms with Gasteiger partial charge in [0.15, 0.2) is 0 Å². The van der Waals surface area contributed by atoms with E-state index in [4.69, 9.17) is 16.3 Å². The monoisotopic (exact) mass is 287 g/mol. The Balaban J connectivity index is 2.64. The van der Waals surface area contributed by atoms with E-state index < -0.39 is 0 Å². The second-order valence-electron chi connectivity index (χ2n) is 5.09. The smallest absolute Gasteiger partial charge is 0.0820 e. The van der Waals surface area contributed by atoms with Gasteiger partial charge in [-0.3, -0.25) is 4.68 Å². The van der Waals surface area contributed by atoms with E-state index in [1.54, 1.807) is 13.3 Å². The molecule has 5 heteroatoms. The van der Waals surface area contributed by atoms with Crippen LogP contribution >= 0.6 is 11.6 Å². The largest absolute Gasteiger partial charge is 0.383 e. The summed E-state index contributed by atoms with van der Waals surface area (Å²) in [4.78, 5) is 0. The normalized spacial score (nSPS) is 14.6. The molecule has 0 radical (unpaired) electrons. The van der Waals surface area contributed by atoms with Gasteiger partial charge in [0.2, 0.25) is 0 Å². The number of rotatable bonds is 9. The summed E-state index contributed by atoms with van der Waals surface area (Å²) in [6.45, 7) is 9.07. The molecule has 1 heterocycles. The Bertz CT molecular complexity index is 368. The number of halogens is 1. The third-order valence-electron chi connectivity index (χ3n) is 3.26. The molecule has 2 unspecified atom stereocenters. The zero-order valence-electron chi connectivity index (χ0n) is 12.4. The van der Waals surface area contributed by atoms with Crippen molar-refractivity contribution in [2.24, 2.45) is 0 Å². The van der Waals surface area contributed by atoms with E-state index in [1.165, 1.54) is 0 Å². The van der Waals surface area contributed by atoms with Crippen LogP contribution in [0, 0.1) is 0 Å². The minimum atomic E-state index is 0.381. The number of methoxy groups -OCH3 is 1. The second kappa shape index (κ2) is 8.56. The molecule has 1 rings (SSSR count). The standard InChI is InChI=1S/C14H26ClN3O/c1-5-6-16-12(3)9-11(2)14-13(15)10-17-18(14)7-8-19-4/h10-12,16H,5-9H2,1-4H3. The Morgan fingerprint density at radius 1 is 1.47 bits per heavy atom. The first-order chi connectivity index (χ1) is 9.10. The van der Waals surface area contributed by atoms with Gasteiger partial charge in [0.25, 0.3) is 0 Å². The topological polar surface area (TPSA) is 39.1 Å². The lowest BCUT2D eigenvalue weighted by Gasteiger charge is -2.20. The molecule has 0 fully saturated rings. The van der Waals surface area contributed by atoms with Crippen molar-refractivity contribution in [2.75, 3.05) is 20.3 Å². The van der Waals surface area contributed by atoms with E-state index in [1.807, 2.05) is 4.68 Å². The highest BCUT2D eigenvalue weighted by molar-refractivity contribution is 6.31. The van der Waals surface area contributed by atoms with Gasteiger partial charge in [-0.15, -0.1) is 0 Å². The van der Waals surface area contributed by atoms with Crippen LogP contribution in [0.25, 0.3) is 0 Å². The molecule has 0 aliphatic rings. The average molecular weight is 288 g/mol. The number of hydrogen-bond donors (Lipinski definition) is 1. The highest BCUT2D eigenvalue weighted by Gasteiger charge is 2.18. The highest BCUT2D eigenvalue weighted by atomic mass is 35.5. The molecule has 0 saturated carbocycles. The Kier molecular flexibility index (Phi) is 7.42. The average Bonchev–Trinajstić information content (AvgIpc) is 2.75. The molecule has 2 atom stereocenters. The summed E-state index contributed by atoms with van der Waals surface area (Å²) in [5.74, 6) is 0.381. The summed E-state index contributed by atoms with van der Waals surface area (Å²) >= 11 is 6.26. The first kappa shape index (κ1) is 16.5. The van der Waals surface area contributed by atoms with E-state index in [9.17, 15) is 0 Å². The van der Waals surface area contributed by atoms with Crippen LogP contribution < -0.4 is 5.32 Å². The summed E-state index contributed by atoms with van der Waals surface area (Å²) in [5, 5.41) is 8.59. The van der Waals surface area contributed by atoms with Gasteiger partial charge in [-0.05, 0) is 26.3 Å². The SMILES string of the molecule is CCCNC(C)CC(C)c1c(Cl)cnn1CCOC. The van der Waals surface area contributed by atoms with Crippen LogP contribution in [0.2, 0.25) is 5.02 Å². The maximum atomic E-state index is 6.26. The van der Waals surface area contributed by atoms with Gasteiger partial charge >= 0.3 is 0 Å². The fourth-order valence-electron chi connectivity index (χ4n) is 2.33. The molecule has 0 amide bonds. The summed E-state index contributed by atoms with van der Waals surface area (Å²) in [5.41, 5.74) is 1.11. The lowest BCUT2D eigenvalue weighted by molar-refractivity contribution is 0.182. The van der Waals surface area contributed by atoms with Crippen LogP contribution in [0.15, 0.2) is 6.20 Å². The van der Waals surface area contributed by atoms with Crippen LogP contribution in [0.3, 0.4) is 0 Å². The van der Waals surface area contributed by atoms with Crippen LogP contribution in [-0.4, -0.2) is 36.1 Å². The molecule has 110 valence electrons. The number of aromatic nitrogens is 2. The zero-order valence-corrected chi connectivity index (χ0v) is 13.2. The lowest BCUT2D eigenvalue weighted by atomic mass is 9.99. The van der Waals surface area contributed by atoms with Gasteiger partial charge in [-0.2, -0.15) is 5.10 Å². The summed E-state index contributed by atoms with van der Waals surface area (Å²) in [7, 11) is 1.70. The molecular formula is C14H26ClN3O. The van der Waals surface area contributed by atoms with Crippen LogP contribution in [0.4, 0.5) is 0 Å². The molecule has 0 aliphatic carbocycles. The molecule has 0 aromatic carbocycles.